The minimum Gasteiger partial charge on any atom is -0.506 e. The number of aryl methyl sites for hydroxylation is 1. The molecule has 0 atom stereocenters. The number of rotatable bonds is 2. The van der Waals surface area contributed by atoms with Gasteiger partial charge >= 0.3 is 0 Å². The van der Waals surface area contributed by atoms with Gasteiger partial charge in [0.05, 0.1) is 5.69 Å². The quantitative estimate of drug-likeness (QED) is 0.718. The van der Waals surface area contributed by atoms with Crippen LogP contribution in [0.3, 0.4) is 0 Å². The summed E-state index contributed by atoms with van der Waals surface area (Å²) in [6.45, 7) is 1.38. The largest absolute Gasteiger partial charge is 0.506 e. The van der Waals surface area contributed by atoms with Gasteiger partial charge < -0.3 is 5.11 Å². The Hall–Kier alpha value is -1.52. The van der Waals surface area contributed by atoms with Gasteiger partial charge in [-0.1, -0.05) is 0 Å². The summed E-state index contributed by atoms with van der Waals surface area (Å²) in [5.74, 6) is -0.258. The Balaban J connectivity index is 3.32. The molecule has 0 aliphatic carbocycles. The number of halogens is 2. The highest BCUT2D eigenvalue weighted by atomic mass is 19.3. The van der Waals surface area contributed by atoms with Crippen molar-refractivity contribution in [3.8, 4) is 5.75 Å². The molecule has 70 valence electrons. The SMILES string of the molecule is Cc1nc(C(F)F)c(C=O)cc1O. The lowest BCUT2D eigenvalue weighted by Crippen LogP contribution is -1.99. The molecular weight excluding hydrogens is 180 g/mol. The van der Waals surface area contributed by atoms with Crippen molar-refractivity contribution in [1.82, 2.24) is 4.98 Å². The van der Waals surface area contributed by atoms with Crippen molar-refractivity contribution in [2.45, 2.75) is 13.3 Å². The Labute approximate surface area is 73.0 Å². The van der Waals surface area contributed by atoms with Gasteiger partial charge in [-0.25, -0.2) is 13.8 Å². The highest BCUT2D eigenvalue weighted by molar-refractivity contribution is 5.77. The topological polar surface area (TPSA) is 50.2 Å². The second-order valence-electron chi connectivity index (χ2n) is 2.49. The summed E-state index contributed by atoms with van der Waals surface area (Å²) in [5, 5.41) is 9.07. The number of aldehydes is 1. The lowest BCUT2D eigenvalue weighted by molar-refractivity contribution is 0.110. The van der Waals surface area contributed by atoms with Gasteiger partial charge in [0.2, 0.25) is 0 Å². The van der Waals surface area contributed by atoms with E-state index in [4.69, 9.17) is 5.11 Å². The standard InChI is InChI=1S/C8H7F2NO2/c1-4-6(13)2-5(3-12)7(11-4)8(9)10/h2-3,8,13H,1H3. The third kappa shape index (κ3) is 1.80. The second-order valence-corrected chi connectivity index (χ2v) is 2.49. The van der Waals surface area contributed by atoms with Crippen molar-refractivity contribution in [2.75, 3.05) is 0 Å². The molecule has 0 aliphatic heterocycles. The summed E-state index contributed by atoms with van der Waals surface area (Å²) < 4.78 is 24.4. The number of hydrogen-bond donors (Lipinski definition) is 1. The number of nitrogens with zero attached hydrogens (tertiary/aromatic N) is 1. The molecule has 13 heavy (non-hydrogen) atoms. The maximum Gasteiger partial charge on any atom is 0.281 e. The number of aromatic hydroxyl groups is 1. The third-order valence-electron chi connectivity index (χ3n) is 1.58. The van der Waals surface area contributed by atoms with Crippen LogP contribution in [0.1, 0.15) is 28.2 Å². The van der Waals surface area contributed by atoms with Crippen LogP contribution < -0.4 is 0 Å². The Kier molecular flexibility index (Phi) is 2.55. The number of aromatic nitrogens is 1. The number of alkyl halides is 2. The van der Waals surface area contributed by atoms with Gasteiger partial charge in [0.25, 0.3) is 6.43 Å². The predicted octanol–water partition coefficient (Wildman–Crippen LogP) is 1.85. The first-order chi connectivity index (χ1) is 6.06. The van der Waals surface area contributed by atoms with Crippen LogP contribution in [-0.2, 0) is 0 Å². The minimum absolute atomic E-state index is 0.0842. The number of carbonyl (C=O) groups is 1. The maximum absolute atomic E-state index is 12.2. The van der Waals surface area contributed by atoms with E-state index in [2.05, 4.69) is 4.98 Å². The minimum atomic E-state index is -2.81. The zero-order valence-electron chi connectivity index (χ0n) is 6.79. The van der Waals surface area contributed by atoms with E-state index in [0.717, 1.165) is 6.07 Å². The fraction of sp³-hybridized carbons (Fsp3) is 0.250. The fourth-order valence-electron chi connectivity index (χ4n) is 0.897. The molecule has 1 aromatic rings. The monoisotopic (exact) mass is 187 g/mol. The van der Waals surface area contributed by atoms with Gasteiger partial charge in [-0.2, -0.15) is 0 Å². The number of carbonyl (C=O) groups excluding carboxylic acids is 1. The molecule has 0 bridgehead atoms. The average Bonchev–Trinajstić information content (AvgIpc) is 2.08. The molecule has 1 heterocycles. The molecule has 0 amide bonds. The van der Waals surface area contributed by atoms with Crippen LogP contribution in [0.2, 0.25) is 0 Å². The average molecular weight is 187 g/mol. The van der Waals surface area contributed by atoms with E-state index in [1.807, 2.05) is 0 Å². The smallest absolute Gasteiger partial charge is 0.281 e. The molecule has 0 fully saturated rings. The summed E-state index contributed by atoms with van der Waals surface area (Å²) in [6, 6.07) is 0.983. The Bertz CT molecular complexity index is 339. The van der Waals surface area contributed by atoms with E-state index >= 15 is 0 Å². The molecule has 0 unspecified atom stereocenters. The van der Waals surface area contributed by atoms with E-state index < -0.39 is 12.1 Å². The molecule has 0 saturated carbocycles. The Morgan fingerprint density at radius 2 is 2.23 bits per heavy atom. The van der Waals surface area contributed by atoms with E-state index in [-0.39, 0.29) is 23.3 Å². The Morgan fingerprint density at radius 1 is 1.62 bits per heavy atom. The van der Waals surface area contributed by atoms with Gasteiger partial charge in [-0.05, 0) is 13.0 Å². The molecule has 1 rings (SSSR count). The highest BCUT2D eigenvalue weighted by Gasteiger charge is 2.16. The molecule has 1 N–H and O–H groups in total. The summed E-state index contributed by atoms with van der Waals surface area (Å²) in [6.07, 6.45) is -2.56. The van der Waals surface area contributed by atoms with Gasteiger partial charge in [-0.15, -0.1) is 0 Å². The molecule has 5 heteroatoms. The molecule has 3 nitrogen and oxygen atoms in total. The number of pyridine rings is 1. The second kappa shape index (κ2) is 3.47. The maximum atomic E-state index is 12.2. The van der Waals surface area contributed by atoms with Gasteiger partial charge in [0.15, 0.2) is 6.29 Å². The van der Waals surface area contributed by atoms with Crippen LogP contribution in [0, 0.1) is 6.92 Å². The van der Waals surface area contributed by atoms with Crippen LogP contribution in [0.5, 0.6) is 5.75 Å². The van der Waals surface area contributed by atoms with Crippen LogP contribution in [0.4, 0.5) is 8.78 Å². The van der Waals surface area contributed by atoms with Crippen molar-refractivity contribution in [3.63, 3.8) is 0 Å². The third-order valence-corrected chi connectivity index (χ3v) is 1.58. The van der Waals surface area contributed by atoms with Crippen LogP contribution in [0.25, 0.3) is 0 Å². The first-order valence-electron chi connectivity index (χ1n) is 3.50. The summed E-state index contributed by atoms with van der Waals surface area (Å²) in [4.78, 5) is 13.7. The molecule has 0 radical (unpaired) electrons. The van der Waals surface area contributed by atoms with Gasteiger partial charge in [0, 0.05) is 5.56 Å². The van der Waals surface area contributed by atoms with Crippen LogP contribution in [-0.4, -0.2) is 16.4 Å². The fourth-order valence-corrected chi connectivity index (χ4v) is 0.897. The lowest BCUT2D eigenvalue weighted by atomic mass is 10.2. The highest BCUT2D eigenvalue weighted by Crippen LogP contribution is 2.24. The molecule has 0 aliphatic rings. The van der Waals surface area contributed by atoms with Gasteiger partial charge in [0.1, 0.15) is 11.4 Å². The van der Waals surface area contributed by atoms with Crippen molar-refractivity contribution in [2.24, 2.45) is 0 Å². The Morgan fingerprint density at radius 3 is 2.69 bits per heavy atom. The first kappa shape index (κ1) is 9.57. The zero-order chi connectivity index (χ0) is 10.0. The molecule has 0 saturated heterocycles. The normalized spacial score (nSPS) is 10.5. The summed E-state index contributed by atoms with van der Waals surface area (Å²) >= 11 is 0. The molecule has 0 spiro atoms. The number of hydrogen-bond acceptors (Lipinski definition) is 3. The van der Waals surface area contributed by atoms with Crippen molar-refractivity contribution in [1.29, 1.82) is 0 Å². The van der Waals surface area contributed by atoms with Crippen molar-refractivity contribution < 1.29 is 18.7 Å². The lowest BCUT2D eigenvalue weighted by Gasteiger charge is -2.05. The summed E-state index contributed by atoms with van der Waals surface area (Å²) in [7, 11) is 0. The van der Waals surface area contributed by atoms with Crippen LogP contribution in [0.15, 0.2) is 6.07 Å². The van der Waals surface area contributed by atoms with E-state index in [9.17, 15) is 13.6 Å². The van der Waals surface area contributed by atoms with E-state index in [0.29, 0.717) is 0 Å². The molecule has 0 aromatic carbocycles. The van der Waals surface area contributed by atoms with Crippen molar-refractivity contribution >= 4 is 6.29 Å². The zero-order valence-corrected chi connectivity index (χ0v) is 6.79. The first-order valence-corrected chi connectivity index (χ1v) is 3.50. The van der Waals surface area contributed by atoms with E-state index in [1.54, 1.807) is 0 Å². The molecule has 1 aromatic heterocycles. The van der Waals surface area contributed by atoms with Crippen LogP contribution >= 0.6 is 0 Å². The summed E-state index contributed by atoms with van der Waals surface area (Å²) in [5.41, 5.74) is -0.788. The van der Waals surface area contributed by atoms with Gasteiger partial charge in [-0.3, -0.25) is 4.79 Å². The molecular formula is C8H7F2NO2. The predicted molar refractivity (Wildman–Crippen MR) is 41.0 cm³/mol. The van der Waals surface area contributed by atoms with Crippen molar-refractivity contribution in [3.05, 3.63) is 23.0 Å². The van der Waals surface area contributed by atoms with E-state index in [1.165, 1.54) is 6.92 Å².